The lowest BCUT2D eigenvalue weighted by atomic mass is 10.1. The Labute approximate surface area is 172 Å². The molecule has 0 bridgehead atoms. The molecule has 9 nitrogen and oxygen atoms in total. The molecule has 0 spiro atoms. The van der Waals surface area contributed by atoms with E-state index in [4.69, 9.17) is 0 Å². The van der Waals surface area contributed by atoms with E-state index in [0.29, 0.717) is 27.6 Å². The highest BCUT2D eigenvalue weighted by Crippen LogP contribution is 2.20. The van der Waals surface area contributed by atoms with Crippen molar-refractivity contribution in [1.29, 1.82) is 0 Å². The van der Waals surface area contributed by atoms with Crippen LogP contribution in [0.5, 0.6) is 0 Å². The van der Waals surface area contributed by atoms with Crippen molar-refractivity contribution in [3.8, 4) is 0 Å². The van der Waals surface area contributed by atoms with Gasteiger partial charge < -0.3 is 0 Å². The van der Waals surface area contributed by atoms with Gasteiger partial charge in [-0.2, -0.15) is 10.2 Å². The molecule has 1 amide bonds. The number of fused-ring (bicyclic) bond motifs is 1. The molecule has 3 aromatic rings. The van der Waals surface area contributed by atoms with Gasteiger partial charge in [-0.25, -0.2) is 10.1 Å². The third-order valence-electron chi connectivity index (χ3n) is 4.68. The fourth-order valence-corrected chi connectivity index (χ4v) is 3.01. The largest absolute Gasteiger partial charge is 0.292 e. The first-order valence-electron chi connectivity index (χ1n) is 9.32. The van der Waals surface area contributed by atoms with E-state index in [9.17, 15) is 19.7 Å². The Balaban J connectivity index is 1.98. The number of hydrogen-bond acceptors (Lipinski definition) is 6. The highest BCUT2D eigenvalue weighted by atomic mass is 16.6. The minimum absolute atomic E-state index is 0.0231. The lowest BCUT2D eigenvalue weighted by Gasteiger charge is -2.12. The molecular weight excluding hydrogens is 386 g/mol. The summed E-state index contributed by atoms with van der Waals surface area (Å²) in [6.45, 7) is 6.89. The molecule has 3 rings (SSSR count). The molecule has 9 heteroatoms. The van der Waals surface area contributed by atoms with E-state index < -0.39 is 10.8 Å². The topological polar surface area (TPSA) is 119 Å². The molecule has 1 aromatic heterocycles. The van der Waals surface area contributed by atoms with Crippen molar-refractivity contribution in [1.82, 2.24) is 15.2 Å². The van der Waals surface area contributed by atoms with Gasteiger partial charge >= 0.3 is 0 Å². The van der Waals surface area contributed by atoms with Crippen LogP contribution in [0.15, 0.2) is 52.4 Å². The van der Waals surface area contributed by atoms with Gasteiger partial charge in [0.05, 0.1) is 22.1 Å². The standard InChI is InChI=1S/C21H21N5O4/c1-12(2)25-21(28)17-8-6-5-7-16(17)19(24-25)20(27)23-22-14(4)15-10-9-13(3)18(11-15)26(29)30/h5-12H,1-4H3,(H,23,27)/b22-14-. The Morgan fingerprint density at radius 1 is 1.20 bits per heavy atom. The summed E-state index contributed by atoms with van der Waals surface area (Å²) < 4.78 is 1.26. The van der Waals surface area contributed by atoms with Gasteiger partial charge in [-0.1, -0.05) is 30.3 Å². The summed E-state index contributed by atoms with van der Waals surface area (Å²) in [5, 5.41) is 20.3. The van der Waals surface area contributed by atoms with Crippen molar-refractivity contribution in [2.45, 2.75) is 33.7 Å². The number of hydrazone groups is 1. The summed E-state index contributed by atoms with van der Waals surface area (Å²) in [6.07, 6.45) is 0. The Morgan fingerprint density at radius 2 is 1.87 bits per heavy atom. The van der Waals surface area contributed by atoms with Crippen molar-refractivity contribution >= 4 is 28.1 Å². The summed E-state index contributed by atoms with van der Waals surface area (Å²) in [6, 6.07) is 11.3. The second-order valence-electron chi connectivity index (χ2n) is 7.13. The zero-order chi connectivity index (χ0) is 22.0. The van der Waals surface area contributed by atoms with Crippen LogP contribution in [0, 0.1) is 17.0 Å². The first-order valence-corrected chi connectivity index (χ1v) is 9.32. The predicted octanol–water partition coefficient (Wildman–Crippen LogP) is 3.35. The van der Waals surface area contributed by atoms with Crippen LogP contribution in [0.25, 0.3) is 10.8 Å². The third-order valence-corrected chi connectivity index (χ3v) is 4.68. The Bertz CT molecular complexity index is 1240. The average Bonchev–Trinajstić information content (AvgIpc) is 2.72. The minimum Gasteiger partial charge on any atom is -0.267 e. The van der Waals surface area contributed by atoms with Crippen LogP contribution in [0.4, 0.5) is 5.69 Å². The molecule has 1 N–H and O–H groups in total. The van der Waals surface area contributed by atoms with E-state index in [0.717, 1.165) is 0 Å². The predicted molar refractivity (Wildman–Crippen MR) is 114 cm³/mol. The Hall–Kier alpha value is -3.88. The van der Waals surface area contributed by atoms with Crippen molar-refractivity contribution < 1.29 is 9.72 Å². The summed E-state index contributed by atoms with van der Waals surface area (Å²) in [5.74, 6) is -0.582. The number of benzene rings is 2. The molecule has 0 aliphatic rings. The van der Waals surface area contributed by atoms with Crippen LogP contribution in [0.3, 0.4) is 0 Å². The molecule has 0 fully saturated rings. The molecule has 0 saturated heterocycles. The molecule has 0 aliphatic carbocycles. The van der Waals surface area contributed by atoms with Crippen molar-refractivity contribution in [2.75, 3.05) is 0 Å². The normalized spacial score (nSPS) is 11.7. The van der Waals surface area contributed by atoms with Crippen LogP contribution in [0.2, 0.25) is 0 Å². The number of nitrogens with zero attached hydrogens (tertiary/aromatic N) is 4. The minimum atomic E-state index is -0.582. The van der Waals surface area contributed by atoms with Gasteiger partial charge in [-0.3, -0.25) is 19.7 Å². The van der Waals surface area contributed by atoms with Crippen molar-refractivity contribution in [3.05, 3.63) is 79.8 Å². The number of nitro groups is 1. The molecule has 2 aromatic carbocycles. The molecule has 0 saturated carbocycles. The number of nitro benzene ring substituents is 1. The number of nitrogens with one attached hydrogen (secondary N) is 1. The number of carbonyl (C=O) groups is 1. The summed E-state index contributed by atoms with van der Waals surface area (Å²) in [4.78, 5) is 36.1. The van der Waals surface area contributed by atoms with Gasteiger partial charge in [0.25, 0.3) is 17.2 Å². The molecule has 0 atom stereocenters. The highest BCUT2D eigenvalue weighted by molar-refractivity contribution is 6.06. The maximum Gasteiger partial charge on any atom is 0.292 e. The molecule has 30 heavy (non-hydrogen) atoms. The van der Waals surface area contributed by atoms with E-state index in [-0.39, 0.29) is 23.0 Å². The lowest BCUT2D eigenvalue weighted by Crippen LogP contribution is -2.30. The number of aromatic nitrogens is 2. The fraction of sp³-hybridized carbons (Fsp3) is 0.238. The molecule has 0 unspecified atom stereocenters. The highest BCUT2D eigenvalue weighted by Gasteiger charge is 2.18. The third kappa shape index (κ3) is 3.95. The number of carbonyl (C=O) groups excluding carboxylic acids is 1. The van der Waals surface area contributed by atoms with Crippen LogP contribution >= 0.6 is 0 Å². The first-order chi connectivity index (χ1) is 14.2. The van der Waals surface area contributed by atoms with Crippen LogP contribution in [-0.4, -0.2) is 26.3 Å². The molecule has 0 radical (unpaired) electrons. The van der Waals surface area contributed by atoms with Gasteiger partial charge in [0.1, 0.15) is 0 Å². The van der Waals surface area contributed by atoms with E-state index >= 15 is 0 Å². The summed E-state index contributed by atoms with van der Waals surface area (Å²) in [7, 11) is 0. The lowest BCUT2D eigenvalue weighted by molar-refractivity contribution is -0.385. The van der Waals surface area contributed by atoms with Crippen LogP contribution < -0.4 is 11.0 Å². The number of rotatable bonds is 5. The molecule has 0 aliphatic heterocycles. The summed E-state index contributed by atoms with van der Waals surface area (Å²) >= 11 is 0. The van der Waals surface area contributed by atoms with E-state index in [1.807, 2.05) is 0 Å². The van der Waals surface area contributed by atoms with Gasteiger partial charge in [0, 0.05) is 22.6 Å². The van der Waals surface area contributed by atoms with Crippen molar-refractivity contribution in [2.24, 2.45) is 5.10 Å². The molecular formula is C21H21N5O4. The summed E-state index contributed by atoms with van der Waals surface area (Å²) in [5.41, 5.74) is 3.66. The van der Waals surface area contributed by atoms with E-state index in [2.05, 4.69) is 15.6 Å². The molecule has 154 valence electrons. The smallest absolute Gasteiger partial charge is 0.267 e. The number of hydrogen-bond donors (Lipinski definition) is 1. The zero-order valence-corrected chi connectivity index (χ0v) is 17.0. The van der Waals surface area contributed by atoms with E-state index in [1.54, 1.807) is 64.1 Å². The maximum absolute atomic E-state index is 12.8. The fourth-order valence-electron chi connectivity index (χ4n) is 3.01. The second kappa shape index (κ2) is 8.24. The van der Waals surface area contributed by atoms with Gasteiger partial charge in [-0.15, -0.1) is 0 Å². The first kappa shape index (κ1) is 20.8. The van der Waals surface area contributed by atoms with Crippen molar-refractivity contribution in [3.63, 3.8) is 0 Å². The van der Waals surface area contributed by atoms with Gasteiger partial charge in [-0.05, 0) is 33.8 Å². The average molecular weight is 407 g/mol. The molecule has 1 heterocycles. The maximum atomic E-state index is 12.8. The SMILES string of the molecule is C/C(=N/NC(=O)c1nn(C(C)C)c(=O)c2ccccc12)c1ccc(C)c([N+](=O)[O-])c1. The quantitative estimate of drug-likeness (QED) is 0.395. The van der Waals surface area contributed by atoms with Gasteiger partial charge in [0.15, 0.2) is 5.69 Å². The number of aryl methyl sites for hydroxylation is 1. The van der Waals surface area contributed by atoms with Gasteiger partial charge in [0.2, 0.25) is 0 Å². The number of amides is 1. The Morgan fingerprint density at radius 3 is 2.50 bits per heavy atom. The monoisotopic (exact) mass is 407 g/mol. The Kier molecular flexibility index (Phi) is 5.72. The second-order valence-corrected chi connectivity index (χ2v) is 7.13. The van der Waals surface area contributed by atoms with Crippen LogP contribution in [0.1, 0.15) is 48.4 Å². The van der Waals surface area contributed by atoms with Crippen LogP contribution in [-0.2, 0) is 0 Å². The zero-order valence-electron chi connectivity index (χ0n) is 17.0. The van der Waals surface area contributed by atoms with E-state index in [1.165, 1.54) is 10.7 Å².